The summed E-state index contributed by atoms with van der Waals surface area (Å²) >= 11 is 7.96. The maximum absolute atomic E-state index is 15.0. The predicted octanol–water partition coefficient (Wildman–Crippen LogP) is 6.20. The van der Waals surface area contributed by atoms with Crippen molar-refractivity contribution in [1.82, 2.24) is 19.8 Å². The highest BCUT2D eigenvalue weighted by molar-refractivity contribution is 7.23. The van der Waals surface area contributed by atoms with Gasteiger partial charge < -0.3 is 20.3 Å². The number of hydrogen-bond acceptors (Lipinski definition) is 10. The molecule has 10 nitrogen and oxygen atoms in total. The molecule has 4 atom stereocenters. The van der Waals surface area contributed by atoms with Crippen LogP contribution in [0.5, 0.6) is 6.01 Å². The summed E-state index contributed by atoms with van der Waals surface area (Å²) in [6, 6.07) is 8.40. The van der Waals surface area contributed by atoms with Gasteiger partial charge in [0.1, 0.15) is 41.6 Å². The number of nitrogens with two attached hydrogens (primary N) is 1. The van der Waals surface area contributed by atoms with Gasteiger partial charge in [0.15, 0.2) is 0 Å². The van der Waals surface area contributed by atoms with E-state index in [1.807, 2.05) is 18.9 Å². The number of likely N-dealkylation sites (tertiary alicyclic amines) is 1. The zero-order valence-electron chi connectivity index (χ0n) is 27.0. The molecule has 0 bridgehead atoms. The summed E-state index contributed by atoms with van der Waals surface area (Å²) in [7, 11) is 1.86. The van der Waals surface area contributed by atoms with Gasteiger partial charge in [-0.25, -0.2) is 8.78 Å². The van der Waals surface area contributed by atoms with Crippen molar-refractivity contribution in [2.24, 2.45) is 0 Å². The summed E-state index contributed by atoms with van der Waals surface area (Å²) in [6.07, 6.45) is 3.08. The number of benzene rings is 2. The SMILES string of the molecule is C=CC(=O)N1CC[C@@H](N(C)c2nc(OC[C@@]34CCCN3C[C@H](F)C4)nc3c(C#N)c(-c4ccc(F)c5sc(N)c(C#N)c45)c(Cl)cc23)[C@H]1C. The lowest BCUT2D eigenvalue weighted by Gasteiger charge is -2.33. The van der Waals surface area contributed by atoms with E-state index in [9.17, 15) is 24.1 Å². The maximum Gasteiger partial charge on any atom is 0.319 e. The zero-order chi connectivity index (χ0) is 34.8. The number of thiophene rings is 1. The Balaban J connectivity index is 1.41. The summed E-state index contributed by atoms with van der Waals surface area (Å²) in [5.74, 6) is -0.280. The normalized spacial score (nSPS) is 23.5. The van der Waals surface area contributed by atoms with Gasteiger partial charge in [0, 0.05) is 48.9 Å². The lowest BCUT2D eigenvalue weighted by molar-refractivity contribution is -0.126. The number of aromatic nitrogens is 2. The minimum absolute atomic E-state index is 0.00840. The van der Waals surface area contributed by atoms with Gasteiger partial charge in [0.2, 0.25) is 5.91 Å². The molecule has 7 rings (SSSR count). The molecule has 49 heavy (non-hydrogen) atoms. The third-order valence-electron chi connectivity index (χ3n) is 10.4. The smallest absolute Gasteiger partial charge is 0.319 e. The second-order valence-corrected chi connectivity index (χ2v) is 14.5. The molecule has 14 heteroatoms. The number of likely N-dealkylation sites (N-methyl/N-ethyl adjacent to an activating group) is 1. The van der Waals surface area contributed by atoms with Gasteiger partial charge in [0.25, 0.3) is 0 Å². The van der Waals surface area contributed by atoms with Gasteiger partial charge in [0.05, 0.1) is 37.9 Å². The highest BCUT2D eigenvalue weighted by Crippen LogP contribution is 2.47. The summed E-state index contributed by atoms with van der Waals surface area (Å²) in [6.45, 7) is 7.45. The summed E-state index contributed by atoms with van der Waals surface area (Å²) in [4.78, 5) is 28.0. The maximum atomic E-state index is 15.0. The van der Waals surface area contributed by atoms with Crippen molar-refractivity contribution < 1.29 is 18.3 Å². The molecule has 2 N–H and O–H groups in total. The van der Waals surface area contributed by atoms with Gasteiger partial charge >= 0.3 is 6.01 Å². The molecule has 2 aromatic carbocycles. The van der Waals surface area contributed by atoms with Crippen LogP contribution in [0.1, 0.15) is 43.7 Å². The van der Waals surface area contributed by atoms with Crippen molar-refractivity contribution in [2.45, 2.75) is 56.4 Å². The number of halogens is 3. The van der Waals surface area contributed by atoms with E-state index in [4.69, 9.17) is 32.0 Å². The molecule has 0 saturated carbocycles. The minimum Gasteiger partial charge on any atom is -0.461 e. The molecule has 3 aliphatic rings. The van der Waals surface area contributed by atoms with Crippen molar-refractivity contribution in [3.63, 3.8) is 0 Å². The fourth-order valence-corrected chi connectivity index (χ4v) is 9.34. The second kappa shape index (κ2) is 12.4. The van der Waals surface area contributed by atoms with Crippen LogP contribution in [0.25, 0.3) is 32.1 Å². The molecule has 0 radical (unpaired) electrons. The molecular formula is C35H33ClF2N8O2S. The quantitative estimate of drug-likeness (QED) is 0.224. The number of nitrogen functional groups attached to an aromatic ring is 1. The van der Waals surface area contributed by atoms with Gasteiger partial charge in [-0.2, -0.15) is 20.5 Å². The van der Waals surface area contributed by atoms with Crippen LogP contribution in [0.3, 0.4) is 0 Å². The molecule has 3 fully saturated rings. The van der Waals surface area contributed by atoms with Crippen LogP contribution >= 0.6 is 22.9 Å². The molecule has 3 aliphatic heterocycles. The fraction of sp³-hybridized carbons (Fsp3) is 0.400. The van der Waals surface area contributed by atoms with E-state index in [0.29, 0.717) is 42.7 Å². The Morgan fingerprint density at radius 3 is 2.82 bits per heavy atom. The standard InChI is InChI=1S/C35H33ClF2N8O2S/c1-4-27(47)46-11-8-26(18(46)2)44(3)33-21-12-24(36)28(20-6-7-25(38)31-29(20)23(15-40)32(41)49-31)22(14-39)30(21)42-34(43-33)48-17-35-9-5-10-45(35)16-19(37)13-35/h4,6-7,12,18-19,26H,1,5,8-11,13,16-17,41H2,2-3H3/t18-,19-,26-,35+/m1/s1. The predicted molar refractivity (Wildman–Crippen MR) is 186 cm³/mol. The van der Waals surface area contributed by atoms with E-state index in [2.05, 4.69) is 23.6 Å². The number of ether oxygens (including phenoxy) is 1. The molecule has 4 aromatic rings. The first kappa shape index (κ1) is 33.0. The number of fused-ring (bicyclic) bond motifs is 3. The van der Waals surface area contributed by atoms with Crippen molar-refractivity contribution in [3.8, 4) is 29.3 Å². The number of nitrogens with zero attached hydrogens (tertiary/aromatic N) is 7. The van der Waals surface area contributed by atoms with Crippen LogP contribution in [0.15, 0.2) is 30.9 Å². The van der Waals surface area contributed by atoms with Crippen molar-refractivity contribution in [3.05, 3.63) is 52.8 Å². The number of rotatable bonds is 7. The summed E-state index contributed by atoms with van der Waals surface area (Å²) in [5.41, 5.74) is 6.71. The van der Waals surface area contributed by atoms with Crippen LogP contribution < -0.4 is 15.4 Å². The van der Waals surface area contributed by atoms with E-state index in [1.165, 1.54) is 18.2 Å². The number of anilines is 2. The molecule has 252 valence electrons. The average Bonchev–Trinajstić information content (AvgIpc) is 3.83. The Morgan fingerprint density at radius 1 is 1.31 bits per heavy atom. The van der Waals surface area contributed by atoms with E-state index in [1.54, 1.807) is 11.0 Å². The van der Waals surface area contributed by atoms with E-state index < -0.39 is 17.5 Å². The molecule has 2 aromatic heterocycles. The van der Waals surface area contributed by atoms with Gasteiger partial charge in [-0.15, -0.1) is 11.3 Å². The summed E-state index contributed by atoms with van der Waals surface area (Å²) in [5, 5.41) is 21.7. The van der Waals surface area contributed by atoms with E-state index in [0.717, 1.165) is 30.7 Å². The number of carbonyl (C=O) groups excluding carboxylic acids is 1. The Morgan fingerprint density at radius 2 is 2.08 bits per heavy atom. The summed E-state index contributed by atoms with van der Waals surface area (Å²) < 4.78 is 36.1. The highest BCUT2D eigenvalue weighted by atomic mass is 35.5. The first-order valence-electron chi connectivity index (χ1n) is 16.0. The van der Waals surface area contributed by atoms with Gasteiger partial charge in [-0.3, -0.25) is 9.69 Å². The van der Waals surface area contributed by atoms with E-state index in [-0.39, 0.29) is 72.9 Å². The topological polar surface area (TPSA) is 135 Å². The Kier molecular flexibility index (Phi) is 8.34. The fourth-order valence-electron chi connectivity index (χ4n) is 8.09. The Labute approximate surface area is 290 Å². The number of nitriles is 2. The third-order valence-corrected chi connectivity index (χ3v) is 11.8. The van der Waals surface area contributed by atoms with Gasteiger partial charge in [-0.05, 0) is 56.5 Å². The second-order valence-electron chi connectivity index (χ2n) is 13.0. The van der Waals surface area contributed by atoms with Crippen molar-refractivity contribution in [1.29, 1.82) is 10.5 Å². The first-order chi connectivity index (χ1) is 23.5. The number of hydrogen-bond donors (Lipinski definition) is 1. The van der Waals surface area contributed by atoms with Gasteiger partial charge in [-0.1, -0.05) is 24.2 Å². The molecule has 0 unspecified atom stereocenters. The zero-order valence-corrected chi connectivity index (χ0v) is 28.5. The molecule has 5 heterocycles. The van der Waals surface area contributed by atoms with E-state index >= 15 is 0 Å². The molecular weight excluding hydrogens is 670 g/mol. The third kappa shape index (κ3) is 5.23. The Bertz CT molecular complexity index is 2130. The van der Waals surface area contributed by atoms with Crippen LogP contribution in [0, 0.1) is 28.5 Å². The number of carbonyl (C=O) groups is 1. The van der Waals surface area contributed by atoms with Crippen molar-refractivity contribution >= 4 is 60.7 Å². The number of alkyl halides is 1. The minimum atomic E-state index is -0.944. The Hall–Kier alpha value is -4.56. The largest absolute Gasteiger partial charge is 0.461 e. The van der Waals surface area contributed by atoms with Crippen LogP contribution in [-0.4, -0.2) is 82.8 Å². The molecule has 0 spiro atoms. The molecule has 3 saturated heterocycles. The van der Waals surface area contributed by atoms with Crippen LogP contribution in [-0.2, 0) is 4.79 Å². The molecule has 0 aliphatic carbocycles. The van der Waals surface area contributed by atoms with Crippen LogP contribution in [0.2, 0.25) is 5.02 Å². The number of amides is 1. The highest BCUT2D eigenvalue weighted by Gasteiger charge is 2.49. The monoisotopic (exact) mass is 702 g/mol. The lowest BCUT2D eigenvalue weighted by Crippen LogP contribution is -2.44. The average molecular weight is 703 g/mol. The lowest BCUT2D eigenvalue weighted by atomic mass is 9.93. The van der Waals surface area contributed by atoms with Crippen molar-refractivity contribution in [2.75, 3.05) is 43.9 Å². The first-order valence-corrected chi connectivity index (χ1v) is 17.2. The molecule has 1 amide bonds. The van der Waals surface area contributed by atoms with Crippen LogP contribution in [0.4, 0.5) is 19.6 Å².